The van der Waals surface area contributed by atoms with Crippen molar-refractivity contribution in [2.24, 2.45) is 0 Å². The van der Waals surface area contributed by atoms with Gasteiger partial charge in [-0.05, 0) is 69.8 Å². The predicted octanol–water partition coefficient (Wildman–Crippen LogP) is 6.50. The van der Waals surface area contributed by atoms with E-state index in [1.54, 1.807) is 11.9 Å². The fourth-order valence-corrected chi connectivity index (χ4v) is 4.90. The van der Waals surface area contributed by atoms with Crippen LogP contribution in [-0.2, 0) is 4.79 Å². The summed E-state index contributed by atoms with van der Waals surface area (Å²) in [5.41, 5.74) is 3.40. The Hall–Kier alpha value is -2.42. The monoisotopic (exact) mass is 474 g/mol. The second-order valence-electron chi connectivity index (χ2n) is 7.61. The molecule has 170 valence electrons. The zero-order valence-corrected chi connectivity index (χ0v) is 20.2. The number of carboxylic acid groups (broad SMARTS) is 1. The molecular formula is C24H27FN2O3S2. The molecule has 5 nitrogen and oxygen atoms in total. The first-order valence-electron chi connectivity index (χ1n) is 10.1. The van der Waals surface area contributed by atoms with Crippen LogP contribution in [0.25, 0.3) is 0 Å². The van der Waals surface area contributed by atoms with Crippen molar-refractivity contribution in [3.8, 4) is 5.75 Å². The minimum Gasteiger partial charge on any atom is -0.476 e. The Morgan fingerprint density at radius 1 is 1.31 bits per heavy atom. The number of halogens is 1. The lowest BCUT2D eigenvalue weighted by Crippen LogP contribution is -2.35. The molecule has 8 heteroatoms. The fraction of sp³-hybridized carbons (Fsp3) is 0.292. The summed E-state index contributed by atoms with van der Waals surface area (Å²) in [5.74, 6) is -2.58. The molecule has 1 atom stereocenters. The third kappa shape index (κ3) is 5.88. The van der Waals surface area contributed by atoms with Crippen LogP contribution in [0.1, 0.15) is 20.3 Å². The summed E-state index contributed by atoms with van der Waals surface area (Å²) >= 11 is 3.07. The lowest BCUT2D eigenvalue weighted by molar-refractivity contribution is -0.134. The Morgan fingerprint density at radius 3 is 2.66 bits per heavy atom. The third-order valence-corrected chi connectivity index (χ3v) is 6.91. The van der Waals surface area contributed by atoms with Crippen LogP contribution in [-0.4, -0.2) is 41.3 Å². The molecule has 0 bridgehead atoms. The van der Waals surface area contributed by atoms with Gasteiger partial charge in [-0.25, -0.2) is 9.10 Å². The number of rotatable bonds is 7. The van der Waals surface area contributed by atoms with Gasteiger partial charge in [0.25, 0.3) is 0 Å². The number of thioether (sulfide) groups is 1. The van der Waals surface area contributed by atoms with Crippen molar-refractivity contribution in [1.82, 2.24) is 4.31 Å². The van der Waals surface area contributed by atoms with E-state index in [1.807, 2.05) is 36.6 Å². The summed E-state index contributed by atoms with van der Waals surface area (Å²) in [6.45, 7) is 5.00. The molecule has 0 amide bonds. The number of nitrogens with zero attached hydrogens (tertiary/aromatic N) is 2. The molecule has 1 aliphatic heterocycles. The number of anilines is 2. The fourth-order valence-electron chi connectivity index (χ4n) is 3.33. The van der Waals surface area contributed by atoms with Gasteiger partial charge < -0.3 is 14.7 Å². The molecule has 0 aliphatic carbocycles. The first-order valence-corrected chi connectivity index (χ1v) is 12.1. The predicted molar refractivity (Wildman–Crippen MR) is 131 cm³/mol. The van der Waals surface area contributed by atoms with E-state index < -0.39 is 11.8 Å². The number of fused-ring (bicyclic) bond motifs is 1. The molecule has 1 aliphatic rings. The molecule has 0 radical (unpaired) electrons. The van der Waals surface area contributed by atoms with Crippen molar-refractivity contribution in [3.63, 3.8) is 0 Å². The van der Waals surface area contributed by atoms with E-state index in [-0.39, 0.29) is 6.04 Å². The average molecular weight is 475 g/mol. The highest BCUT2D eigenvalue weighted by Gasteiger charge is 2.28. The maximum atomic E-state index is 13.5. The van der Waals surface area contributed by atoms with Gasteiger partial charge in [0.15, 0.2) is 0 Å². The van der Waals surface area contributed by atoms with Crippen LogP contribution in [0.2, 0.25) is 0 Å². The number of aliphatic carboxylic acids is 1. The highest BCUT2D eigenvalue weighted by Crippen LogP contribution is 2.45. The second-order valence-corrected chi connectivity index (χ2v) is 9.66. The van der Waals surface area contributed by atoms with Crippen LogP contribution in [0.5, 0.6) is 5.75 Å². The number of carbonyl (C=O) groups is 1. The molecule has 1 unspecified atom stereocenters. The van der Waals surface area contributed by atoms with Crippen LogP contribution in [0, 0.1) is 0 Å². The van der Waals surface area contributed by atoms with Crippen molar-refractivity contribution in [2.75, 3.05) is 24.7 Å². The number of allylic oxidation sites excluding steroid dienone is 1. The maximum absolute atomic E-state index is 13.5. The first kappa shape index (κ1) is 24.2. The quantitative estimate of drug-likeness (QED) is 0.162. The Bertz CT molecular complexity index is 1020. The number of likely N-dealkylation sites (N-methyl/N-ethyl adjacent to an activating group) is 1. The number of hydrogen-bond donors (Lipinski definition) is 1. The Labute approximate surface area is 197 Å². The summed E-state index contributed by atoms with van der Waals surface area (Å²) in [4.78, 5) is 14.8. The van der Waals surface area contributed by atoms with Gasteiger partial charge in [0, 0.05) is 18.3 Å². The minimum absolute atomic E-state index is 0.258. The molecule has 1 heterocycles. The van der Waals surface area contributed by atoms with Crippen molar-refractivity contribution < 1.29 is 19.0 Å². The molecule has 1 N–H and O–H groups in total. The van der Waals surface area contributed by atoms with Gasteiger partial charge in [-0.2, -0.15) is 4.39 Å². The molecular weight excluding hydrogens is 447 g/mol. The van der Waals surface area contributed by atoms with E-state index in [4.69, 9.17) is 9.84 Å². The van der Waals surface area contributed by atoms with Crippen LogP contribution in [0.3, 0.4) is 0 Å². The molecule has 0 saturated carbocycles. The normalized spacial score (nSPS) is 16.8. The van der Waals surface area contributed by atoms with Crippen molar-refractivity contribution in [2.45, 2.75) is 36.1 Å². The summed E-state index contributed by atoms with van der Waals surface area (Å²) in [5, 5.41) is 8.78. The second kappa shape index (κ2) is 10.9. The average Bonchev–Trinajstić information content (AvgIpc) is 2.91. The minimum atomic E-state index is -1.66. The molecule has 2 aromatic carbocycles. The van der Waals surface area contributed by atoms with E-state index in [1.165, 1.54) is 17.3 Å². The van der Waals surface area contributed by atoms with Crippen LogP contribution >= 0.6 is 23.7 Å². The molecule has 0 spiro atoms. The van der Waals surface area contributed by atoms with Crippen molar-refractivity contribution in [1.29, 1.82) is 0 Å². The lowest BCUT2D eigenvalue weighted by Gasteiger charge is -2.29. The molecule has 2 aromatic rings. The summed E-state index contributed by atoms with van der Waals surface area (Å²) in [7, 11) is 2.07. The number of carboxylic acids is 1. The topological polar surface area (TPSA) is 53.0 Å². The van der Waals surface area contributed by atoms with Gasteiger partial charge in [0.1, 0.15) is 12.0 Å². The third-order valence-electron chi connectivity index (χ3n) is 5.05. The van der Waals surface area contributed by atoms with E-state index in [2.05, 4.69) is 48.3 Å². The SMILES string of the molecule is CSc1cc2c(cc1O/C=C(\F)C(=O)O)SN(C)C(CC=C(C)C)CN2c1ccccc1. The van der Waals surface area contributed by atoms with Gasteiger partial charge in [-0.1, -0.05) is 29.8 Å². The first-order chi connectivity index (χ1) is 15.3. The standard InChI is InChI=1S/C24H27FN2O3S2/c1-16(2)10-11-18-14-27(17-8-6-5-7-9-17)20-12-23(31-4)21(13-22(20)32-26(18)3)30-15-19(25)24(28)29/h5-10,12-13,15,18H,11,14H2,1-4H3,(H,28,29)/b19-15-. The summed E-state index contributed by atoms with van der Waals surface area (Å²) < 4.78 is 21.2. The molecule has 0 saturated heterocycles. The van der Waals surface area contributed by atoms with Gasteiger partial charge in [0.2, 0.25) is 5.83 Å². The maximum Gasteiger partial charge on any atom is 0.368 e. The van der Waals surface area contributed by atoms with Crippen molar-refractivity contribution in [3.05, 3.63) is 66.2 Å². The van der Waals surface area contributed by atoms with Gasteiger partial charge in [-0.15, -0.1) is 11.8 Å². The lowest BCUT2D eigenvalue weighted by atomic mass is 10.1. The Balaban J connectivity index is 2.07. The highest BCUT2D eigenvalue weighted by molar-refractivity contribution is 7.98. The zero-order valence-electron chi connectivity index (χ0n) is 18.5. The molecule has 3 rings (SSSR count). The van der Waals surface area contributed by atoms with Crippen molar-refractivity contribution >= 4 is 41.1 Å². The van der Waals surface area contributed by atoms with Gasteiger partial charge in [0.05, 0.1) is 15.5 Å². The summed E-state index contributed by atoms with van der Waals surface area (Å²) in [6.07, 6.45) is 5.71. The van der Waals surface area contributed by atoms with Crippen LogP contribution in [0.4, 0.5) is 15.8 Å². The Kier molecular flexibility index (Phi) is 8.28. The van der Waals surface area contributed by atoms with E-state index in [0.29, 0.717) is 12.0 Å². The molecule has 0 aromatic heterocycles. The Morgan fingerprint density at radius 2 is 2.03 bits per heavy atom. The van der Waals surface area contributed by atoms with Crippen LogP contribution in [0.15, 0.2) is 76.0 Å². The largest absolute Gasteiger partial charge is 0.476 e. The smallest absolute Gasteiger partial charge is 0.368 e. The molecule has 32 heavy (non-hydrogen) atoms. The summed E-state index contributed by atoms with van der Waals surface area (Å²) in [6, 6.07) is 14.4. The van der Waals surface area contributed by atoms with E-state index in [9.17, 15) is 9.18 Å². The van der Waals surface area contributed by atoms with Crippen LogP contribution < -0.4 is 9.64 Å². The number of para-hydroxylation sites is 1. The number of hydrogen-bond acceptors (Lipinski definition) is 6. The highest BCUT2D eigenvalue weighted by atomic mass is 32.2. The van der Waals surface area contributed by atoms with E-state index in [0.717, 1.165) is 34.1 Å². The molecule has 0 fully saturated rings. The zero-order chi connectivity index (χ0) is 23.3. The number of ether oxygens (including phenoxy) is 1. The van der Waals surface area contributed by atoms with E-state index >= 15 is 0 Å². The van der Waals surface area contributed by atoms with Gasteiger partial charge >= 0.3 is 5.97 Å². The van der Waals surface area contributed by atoms with Gasteiger partial charge in [-0.3, -0.25) is 0 Å². The number of benzene rings is 2.